The highest BCUT2D eigenvalue weighted by molar-refractivity contribution is 6.31. The van der Waals surface area contributed by atoms with Crippen LogP contribution < -0.4 is 15.6 Å². The van der Waals surface area contributed by atoms with E-state index < -0.39 is 23.5 Å². The Bertz CT molecular complexity index is 1410. The number of nitrogens with zero attached hydrogens (tertiary/aromatic N) is 2. The third kappa shape index (κ3) is 7.72. The molecule has 0 spiro atoms. The number of carboxylic acids is 1. The average molecular weight is 566 g/mol. The van der Waals surface area contributed by atoms with Crippen molar-refractivity contribution < 1.29 is 24.2 Å². The summed E-state index contributed by atoms with van der Waals surface area (Å²) in [6.07, 6.45) is 7.88. The maximum Gasteiger partial charge on any atom is 0.335 e. The molecule has 0 radical (unpaired) electrons. The summed E-state index contributed by atoms with van der Waals surface area (Å²) in [6, 6.07) is 8.30. The zero-order valence-electron chi connectivity index (χ0n) is 22.5. The molecule has 1 aliphatic heterocycles. The highest BCUT2D eigenvalue weighted by Crippen LogP contribution is 2.39. The lowest BCUT2D eigenvalue weighted by Crippen LogP contribution is -2.38. The first-order valence-electron chi connectivity index (χ1n) is 12.7. The number of carboxylic acid groups (broad SMARTS) is 1. The Hall–Kier alpha value is -4.13. The molecule has 0 saturated carbocycles. The smallest absolute Gasteiger partial charge is 0.335 e. The van der Waals surface area contributed by atoms with E-state index in [1.165, 1.54) is 54.3 Å². The highest BCUT2D eigenvalue weighted by atomic mass is 35.5. The van der Waals surface area contributed by atoms with E-state index in [9.17, 15) is 24.8 Å². The number of nitriles is 1. The van der Waals surface area contributed by atoms with Crippen LogP contribution >= 0.6 is 11.6 Å². The SMILES string of the molecule is C=C/C=C(Cl)\C=C(/CC#N)c1cc(=O)n(C(CC2(C)CCOCC2)C(=O)Nc2ccc(C(=O)O)cc2)cc1OC. The van der Waals surface area contributed by atoms with Crippen molar-refractivity contribution >= 4 is 34.7 Å². The quantitative estimate of drug-likeness (QED) is 0.342. The maximum atomic E-state index is 13.7. The number of hydrogen-bond acceptors (Lipinski definition) is 6. The van der Waals surface area contributed by atoms with Gasteiger partial charge in [-0.3, -0.25) is 14.2 Å². The van der Waals surface area contributed by atoms with Crippen molar-refractivity contribution in [3.63, 3.8) is 0 Å². The van der Waals surface area contributed by atoms with Crippen molar-refractivity contribution in [1.82, 2.24) is 4.57 Å². The summed E-state index contributed by atoms with van der Waals surface area (Å²) in [5.74, 6) is -1.21. The highest BCUT2D eigenvalue weighted by Gasteiger charge is 2.35. The number of aromatic nitrogens is 1. The lowest BCUT2D eigenvalue weighted by Gasteiger charge is -2.36. The molecular weight excluding hydrogens is 534 g/mol. The molecule has 3 rings (SSSR count). The van der Waals surface area contributed by atoms with Crippen molar-refractivity contribution in [2.24, 2.45) is 5.41 Å². The first-order chi connectivity index (χ1) is 19.1. The van der Waals surface area contributed by atoms with Crippen LogP contribution in [-0.4, -0.2) is 41.9 Å². The van der Waals surface area contributed by atoms with E-state index in [1.807, 2.05) is 0 Å². The van der Waals surface area contributed by atoms with E-state index in [4.69, 9.17) is 21.1 Å². The van der Waals surface area contributed by atoms with Crippen LogP contribution in [0.1, 0.15) is 54.6 Å². The fourth-order valence-electron chi connectivity index (χ4n) is 4.60. The van der Waals surface area contributed by atoms with Crippen molar-refractivity contribution in [2.45, 2.75) is 38.6 Å². The van der Waals surface area contributed by atoms with Gasteiger partial charge in [0.1, 0.15) is 11.8 Å². The van der Waals surface area contributed by atoms with E-state index in [-0.39, 0.29) is 17.4 Å². The number of rotatable bonds is 11. The lowest BCUT2D eigenvalue weighted by atomic mass is 9.76. The predicted octanol–water partition coefficient (Wildman–Crippen LogP) is 5.55. The molecule has 40 heavy (non-hydrogen) atoms. The topological polar surface area (TPSA) is 131 Å². The summed E-state index contributed by atoms with van der Waals surface area (Å²) in [5, 5.41) is 21.7. The summed E-state index contributed by atoms with van der Waals surface area (Å²) in [4.78, 5) is 38.5. The Labute approximate surface area is 238 Å². The van der Waals surface area contributed by atoms with Gasteiger partial charge in [-0.25, -0.2) is 4.79 Å². The van der Waals surface area contributed by atoms with E-state index in [0.29, 0.717) is 47.2 Å². The van der Waals surface area contributed by atoms with Crippen LogP contribution in [-0.2, 0) is 9.53 Å². The molecule has 1 aromatic carbocycles. The van der Waals surface area contributed by atoms with Crippen LogP contribution in [0.4, 0.5) is 5.69 Å². The summed E-state index contributed by atoms with van der Waals surface area (Å²) in [6.45, 7) is 6.79. The van der Waals surface area contributed by atoms with Crippen LogP contribution in [0.3, 0.4) is 0 Å². The molecule has 10 heteroatoms. The summed E-state index contributed by atoms with van der Waals surface area (Å²) >= 11 is 6.23. The maximum absolute atomic E-state index is 13.7. The molecule has 0 bridgehead atoms. The molecule has 0 aliphatic carbocycles. The second kappa shape index (κ2) is 13.8. The third-order valence-electron chi connectivity index (χ3n) is 6.89. The Morgan fingerprint density at radius 2 is 2.00 bits per heavy atom. The number of anilines is 1. The third-order valence-corrected chi connectivity index (χ3v) is 7.13. The largest absolute Gasteiger partial charge is 0.495 e. The fraction of sp³-hybridized carbons (Fsp3) is 0.333. The minimum atomic E-state index is -1.08. The zero-order chi connectivity index (χ0) is 29.3. The van der Waals surface area contributed by atoms with Gasteiger partial charge >= 0.3 is 5.97 Å². The summed E-state index contributed by atoms with van der Waals surface area (Å²) in [5.41, 5.74) is 0.625. The molecule has 1 aromatic heterocycles. The second-order valence-electron chi connectivity index (χ2n) is 9.81. The minimum absolute atomic E-state index is 0.0324. The number of carbonyl (C=O) groups excluding carboxylic acids is 1. The number of benzene rings is 1. The van der Waals surface area contributed by atoms with E-state index in [0.717, 1.165) is 12.8 Å². The van der Waals surface area contributed by atoms with Gasteiger partial charge in [-0.2, -0.15) is 5.26 Å². The molecule has 2 heterocycles. The molecule has 2 aromatic rings. The van der Waals surface area contributed by atoms with Gasteiger partial charge in [0.2, 0.25) is 5.91 Å². The molecule has 1 aliphatic rings. The number of hydrogen-bond donors (Lipinski definition) is 2. The Balaban J connectivity index is 2.08. The van der Waals surface area contributed by atoms with Gasteiger partial charge in [0.25, 0.3) is 5.56 Å². The Morgan fingerprint density at radius 1 is 1.32 bits per heavy atom. The van der Waals surface area contributed by atoms with Crippen LogP contribution in [0, 0.1) is 16.7 Å². The monoisotopic (exact) mass is 565 g/mol. The Kier molecular flexibility index (Phi) is 10.5. The lowest BCUT2D eigenvalue weighted by molar-refractivity contribution is -0.121. The Morgan fingerprint density at radius 3 is 2.58 bits per heavy atom. The van der Waals surface area contributed by atoms with Crippen LogP contribution in [0.25, 0.3) is 5.57 Å². The van der Waals surface area contributed by atoms with Gasteiger partial charge in [0, 0.05) is 35.6 Å². The number of amides is 1. The van der Waals surface area contributed by atoms with Crippen LogP contribution in [0.5, 0.6) is 5.75 Å². The standard InChI is InChI=1S/C30H32ClN3O6/c1-4-5-22(31)16-21(10-13-32)24-17-27(35)34(19-26(24)39-3)25(18-30(2)11-14-40-15-12-30)28(36)33-23-8-6-20(7-9-23)29(37)38/h4-9,16-17,19,25H,1,10-12,14-15,18H2,2-3H3,(H,33,36)(H,37,38)/b21-16+,22-5+. The molecule has 1 unspecified atom stereocenters. The normalized spacial score (nSPS) is 15.9. The molecule has 2 N–H and O–H groups in total. The summed E-state index contributed by atoms with van der Waals surface area (Å²) in [7, 11) is 1.44. The van der Waals surface area contributed by atoms with E-state index >= 15 is 0 Å². The van der Waals surface area contributed by atoms with Gasteiger partial charge in [-0.05, 0) is 66.7 Å². The first-order valence-corrected chi connectivity index (χ1v) is 13.1. The molecule has 1 amide bonds. The number of ether oxygens (including phenoxy) is 2. The number of aromatic carboxylic acids is 1. The molecule has 1 fully saturated rings. The number of halogens is 1. The van der Waals surface area contributed by atoms with Gasteiger partial charge in [0.15, 0.2) is 0 Å². The van der Waals surface area contributed by atoms with Gasteiger partial charge in [0.05, 0.1) is 31.4 Å². The van der Waals surface area contributed by atoms with Crippen molar-refractivity contribution in [3.8, 4) is 11.8 Å². The van der Waals surface area contributed by atoms with E-state index in [1.54, 1.807) is 12.2 Å². The molecule has 1 saturated heterocycles. The van der Waals surface area contributed by atoms with E-state index in [2.05, 4.69) is 24.9 Å². The van der Waals surface area contributed by atoms with Crippen molar-refractivity contribution in [3.05, 3.63) is 87.8 Å². The average Bonchev–Trinajstić information content (AvgIpc) is 2.92. The van der Waals surface area contributed by atoms with Crippen molar-refractivity contribution in [2.75, 3.05) is 25.6 Å². The van der Waals surface area contributed by atoms with Gasteiger partial charge in [-0.1, -0.05) is 31.2 Å². The second-order valence-corrected chi connectivity index (χ2v) is 10.2. The molecule has 9 nitrogen and oxygen atoms in total. The van der Waals surface area contributed by atoms with Crippen LogP contribution in [0.15, 0.2) is 71.2 Å². The van der Waals surface area contributed by atoms with Gasteiger partial charge < -0.3 is 19.9 Å². The number of allylic oxidation sites excluding steroid dienone is 5. The number of methoxy groups -OCH3 is 1. The minimum Gasteiger partial charge on any atom is -0.495 e. The summed E-state index contributed by atoms with van der Waals surface area (Å²) < 4.78 is 12.5. The first kappa shape index (κ1) is 30.4. The van der Waals surface area contributed by atoms with Gasteiger partial charge in [-0.15, -0.1) is 0 Å². The molecular formula is C30H32ClN3O6. The van der Waals surface area contributed by atoms with Crippen LogP contribution in [0.2, 0.25) is 0 Å². The number of nitrogens with one attached hydrogen (secondary N) is 1. The molecule has 1 atom stereocenters. The van der Waals surface area contributed by atoms with Crippen molar-refractivity contribution in [1.29, 1.82) is 5.26 Å². The number of pyridine rings is 1. The number of carbonyl (C=O) groups is 2. The fourth-order valence-corrected chi connectivity index (χ4v) is 4.82. The molecule has 210 valence electrons. The zero-order valence-corrected chi connectivity index (χ0v) is 23.2. The predicted molar refractivity (Wildman–Crippen MR) is 153 cm³/mol.